The summed E-state index contributed by atoms with van der Waals surface area (Å²) in [7, 11) is 0. The van der Waals surface area contributed by atoms with Gasteiger partial charge in [0.05, 0.1) is 44.5 Å². The van der Waals surface area contributed by atoms with Crippen LogP contribution in [-0.4, -0.2) is 18.9 Å². The predicted molar refractivity (Wildman–Crippen MR) is 226 cm³/mol. The van der Waals surface area contributed by atoms with Gasteiger partial charge >= 0.3 is 0 Å². The number of nitrogens with zero attached hydrogens (tertiary/aromatic N) is 4. The van der Waals surface area contributed by atoms with Gasteiger partial charge in [-0.1, -0.05) is 133 Å². The SMILES string of the molecule is c1ccc(-c2nc(-c3cccc4c(-n5c6ccc7cccc8c7c6c6c7c(ccc9c%10ccccc%10n8c97)ccc65)cccc34)nc3ccccc23)cc1. The second-order valence-corrected chi connectivity index (χ2v) is 14.5. The Hall–Kier alpha value is -7.30. The van der Waals surface area contributed by atoms with Crippen molar-refractivity contribution in [3.05, 3.63) is 170 Å². The fourth-order valence-corrected chi connectivity index (χ4v) is 9.60. The fourth-order valence-electron chi connectivity index (χ4n) is 9.60. The lowest BCUT2D eigenvalue weighted by atomic mass is 9.98. The van der Waals surface area contributed by atoms with Gasteiger partial charge in [0.2, 0.25) is 0 Å². The molecule has 13 rings (SSSR count). The molecule has 0 N–H and O–H groups in total. The number of benzene rings is 9. The Morgan fingerprint density at radius 2 is 1.04 bits per heavy atom. The third-order valence-electron chi connectivity index (χ3n) is 11.8. The van der Waals surface area contributed by atoms with E-state index >= 15 is 0 Å². The Morgan fingerprint density at radius 1 is 0.370 bits per heavy atom. The lowest BCUT2D eigenvalue weighted by Crippen LogP contribution is -1.98. The molecule has 4 heteroatoms. The van der Waals surface area contributed by atoms with Crippen LogP contribution < -0.4 is 0 Å². The third kappa shape index (κ3) is 3.52. The van der Waals surface area contributed by atoms with Crippen LogP contribution in [0.25, 0.3) is 121 Å². The van der Waals surface area contributed by atoms with E-state index in [9.17, 15) is 0 Å². The summed E-state index contributed by atoms with van der Waals surface area (Å²) in [5.41, 5.74) is 11.3. The predicted octanol–water partition coefficient (Wildman–Crippen LogP) is 13.0. The molecular weight excluding hydrogens is 657 g/mol. The third-order valence-corrected chi connectivity index (χ3v) is 11.8. The normalized spacial score (nSPS) is 12.4. The van der Waals surface area contributed by atoms with Gasteiger partial charge in [-0.25, -0.2) is 9.97 Å². The zero-order valence-corrected chi connectivity index (χ0v) is 29.0. The van der Waals surface area contributed by atoms with Crippen molar-refractivity contribution < 1.29 is 0 Å². The van der Waals surface area contributed by atoms with E-state index in [0.29, 0.717) is 0 Å². The van der Waals surface area contributed by atoms with Crippen molar-refractivity contribution in [2.24, 2.45) is 0 Å². The summed E-state index contributed by atoms with van der Waals surface area (Å²) < 4.78 is 5.02. The molecule has 0 atom stereocenters. The first-order valence-electron chi connectivity index (χ1n) is 18.5. The molecule has 9 aromatic carbocycles. The van der Waals surface area contributed by atoms with Crippen LogP contribution >= 0.6 is 0 Å². The average Bonchev–Trinajstić information content (AvgIpc) is 3.71. The van der Waals surface area contributed by atoms with Crippen molar-refractivity contribution in [1.82, 2.24) is 18.9 Å². The standard InChI is InChI=1S/C50H28N4/c1-2-11-31(12-3-1)48-37-15-4-6-19-38(37)51-50(52-48)36-18-9-17-33-32(36)16-10-21-39(33)53-42-27-24-29-13-8-22-41-44(29)46(42)47-43(53)28-25-30-23-26-35-34-14-5-7-20-40(34)54(41)49(35)45(30)47/h1-28H. The molecule has 0 radical (unpaired) electrons. The van der Waals surface area contributed by atoms with Crippen LogP contribution in [0.1, 0.15) is 0 Å². The fraction of sp³-hybridized carbons (Fsp3) is 0. The molecule has 0 unspecified atom stereocenters. The molecule has 0 saturated carbocycles. The molecule has 0 spiro atoms. The Labute approximate surface area is 308 Å². The van der Waals surface area contributed by atoms with Gasteiger partial charge in [0.1, 0.15) is 0 Å². The Kier molecular flexibility index (Phi) is 5.34. The van der Waals surface area contributed by atoms with Gasteiger partial charge in [0, 0.05) is 54.2 Å². The minimum Gasteiger partial charge on any atom is -0.309 e. The number of hydrogen-bond donors (Lipinski definition) is 0. The molecule has 0 aliphatic heterocycles. The van der Waals surface area contributed by atoms with Gasteiger partial charge in [-0.15, -0.1) is 0 Å². The lowest BCUT2D eigenvalue weighted by Gasteiger charge is -2.15. The summed E-state index contributed by atoms with van der Waals surface area (Å²) >= 11 is 0. The van der Waals surface area contributed by atoms with E-state index in [-0.39, 0.29) is 0 Å². The van der Waals surface area contributed by atoms with Crippen LogP contribution in [0.3, 0.4) is 0 Å². The minimum absolute atomic E-state index is 0.726. The molecular formula is C50H28N4. The molecule has 13 aromatic rings. The summed E-state index contributed by atoms with van der Waals surface area (Å²) in [6.07, 6.45) is 0. The van der Waals surface area contributed by atoms with E-state index in [1.165, 1.54) is 70.7 Å². The first kappa shape index (κ1) is 28.3. The summed E-state index contributed by atoms with van der Waals surface area (Å²) in [5, 5.41) is 13.6. The first-order valence-corrected chi connectivity index (χ1v) is 18.5. The Morgan fingerprint density at radius 3 is 1.93 bits per heavy atom. The highest BCUT2D eigenvalue weighted by molar-refractivity contribution is 6.37. The van der Waals surface area contributed by atoms with Gasteiger partial charge in [-0.2, -0.15) is 0 Å². The van der Waals surface area contributed by atoms with Crippen molar-refractivity contribution in [3.63, 3.8) is 0 Å². The summed E-state index contributed by atoms with van der Waals surface area (Å²) in [6.45, 7) is 0. The maximum atomic E-state index is 5.28. The maximum Gasteiger partial charge on any atom is 0.161 e. The quantitative estimate of drug-likeness (QED) is 0.186. The number of rotatable bonds is 3. The highest BCUT2D eigenvalue weighted by Gasteiger charge is 2.25. The molecule has 0 saturated heterocycles. The van der Waals surface area contributed by atoms with E-state index in [0.717, 1.165) is 50.0 Å². The van der Waals surface area contributed by atoms with Crippen LogP contribution in [0, 0.1) is 0 Å². The highest BCUT2D eigenvalue weighted by atomic mass is 15.0. The van der Waals surface area contributed by atoms with E-state index in [1.807, 2.05) is 6.07 Å². The molecule has 54 heavy (non-hydrogen) atoms. The number of hydrogen-bond acceptors (Lipinski definition) is 2. The molecule has 4 nitrogen and oxygen atoms in total. The van der Waals surface area contributed by atoms with Crippen molar-refractivity contribution in [2.75, 3.05) is 0 Å². The molecule has 4 aromatic heterocycles. The van der Waals surface area contributed by atoms with Gasteiger partial charge in [-0.05, 0) is 52.6 Å². The van der Waals surface area contributed by atoms with E-state index < -0.39 is 0 Å². The topological polar surface area (TPSA) is 35.1 Å². The molecule has 0 aliphatic rings. The molecule has 0 fully saturated rings. The zero-order chi connectivity index (χ0) is 35.1. The van der Waals surface area contributed by atoms with Crippen LogP contribution in [-0.2, 0) is 0 Å². The van der Waals surface area contributed by atoms with Gasteiger partial charge in [0.15, 0.2) is 5.82 Å². The monoisotopic (exact) mass is 684 g/mol. The van der Waals surface area contributed by atoms with Crippen LogP contribution in [0.5, 0.6) is 0 Å². The lowest BCUT2D eigenvalue weighted by molar-refractivity contribution is 1.20. The highest BCUT2D eigenvalue weighted by Crippen LogP contribution is 2.48. The number of para-hydroxylation sites is 2. The zero-order valence-electron chi connectivity index (χ0n) is 29.0. The maximum absolute atomic E-state index is 5.28. The smallest absolute Gasteiger partial charge is 0.161 e. The summed E-state index contributed by atoms with van der Waals surface area (Å²) in [4.78, 5) is 10.5. The molecule has 248 valence electrons. The van der Waals surface area contributed by atoms with Crippen LogP contribution in [0.15, 0.2) is 170 Å². The largest absolute Gasteiger partial charge is 0.309 e. The Balaban J connectivity index is 1.16. The molecule has 4 heterocycles. The van der Waals surface area contributed by atoms with Gasteiger partial charge in [0.25, 0.3) is 0 Å². The average molecular weight is 685 g/mol. The first-order chi connectivity index (χ1) is 26.8. The van der Waals surface area contributed by atoms with E-state index in [2.05, 4.69) is 173 Å². The minimum atomic E-state index is 0.726. The molecule has 0 amide bonds. The van der Waals surface area contributed by atoms with E-state index in [4.69, 9.17) is 9.97 Å². The van der Waals surface area contributed by atoms with Crippen LogP contribution in [0.4, 0.5) is 0 Å². The van der Waals surface area contributed by atoms with Gasteiger partial charge in [-0.3, -0.25) is 0 Å². The van der Waals surface area contributed by atoms with Crippen molar-refractivity contribution in [3.8, 4) is 28.3 Å². The summed E-state index contributed by atoms with van der Waals surface area (Å²) in [6, 6.07) is 61.5. The van der Waals surface area contributed by atoms with E-state index in [1.54, 1.807) is 0 Å². The van der Waals surface area contributed by atoms with Gasteiger partial charge < -0.3 is 8.97 Å². The van der Waals surface area contributed by atoms with Crippen molar-refractivity contribution in [2.45, 2.75) is 0 Å². The second-order valence-electron chi connectivity index (χ2n) is 14.5. The van der Waals surface area contributed by atoms with Crippen molar-refractivity contribution in [1.29, 1.82) is 0 Å². The molecule has 0 bridgehead atoms. The van der Waals surface area contributed by atoms with Crippen molar-refractivity contribution >= 4 is 92.3 Å². The number of fused-ring (bicyclic) bond motifs is 6. The molecule has 0 aliphatic carbocycles. The second kappa shape index (κ2) is 10.2. The number of aromatic nitrogens is 4. The summed E-state index contributed by atoms with van der Waals surface area (Å²) in [5.74, 6) is 0.726. The van der Waals surface area contributed by atoms with Crippen LogP contribution in [0.2, 0.25) is 0 Å². The Bertz CT molecular complexity index is 3660.